The molecule has 0 amide bonds. The van der Waals surface area contributed by atoms with Crippen molar-refractivity contribution >= 4 is 0 Å². The van der Waals surface area contributed by atoms with E-state index in [4.69, 9.17) is 10.5 Å². The van der Waals surface area contributed by atoms with E-state index >= 15 is 0 Å². The Bertz CT molecular complexity index is 228. The molecule has 3 heteroatoms. The van der Waals surface area contributed by atoms with Crippen LogP contribution in [0.2, 0.25) is 0 Å². The minimum absolute atomic E-state index is 0.221. The molecule has 1 saturated carbocycles. The Labute approximate surface area is 85.6 Å². The summed E-state index contributed by atoms with van der Waals surface area (Å²) in [4.78, 5) is 2.61. The van der Waals surface area contributed by atoms with E-state index < -0.39 is 0 Å². The number of likely N-dealkylation sites (tertiary alicyclic amines) is 1. The van der Waals surface area contributed by atoms with Gasteiger partial charge in [0.25, 0.3) is 0 Å². The lowest BCUT2D eigenvalue weighted by molar-refractivity contribution is -0.132. The zero-order valence-electron chi connectivity index (χ0n) is 8.80. The summed E-state index contributed by atoms with van der Waals surface area (Å²) in [7, 11) is 0. The number of nitrogens with zero attached hydrogens (tertiary/aromatic N) is 1. The smallest absolute Gasteiger partial charge is 0.0802 e. The Balaban J connectivity index is 1.69. The minimum Gasteiger partial charge on any atom is -0.377 e. The van der Waals surface area contributed by atoms with Crippen LogP contribution in [0.5, 0.6) is 0 Å². The molecular formula is C11H20N2O. The van der Waals surface area contributed by atoms with Gasteiger partial charge in [-0.3, -0.25) is 4.90 Å². The van der Waals surface area contributed by atoms with Crippen molar-refractivity contribution in [1.82, 2.24) is 4.90 Å². The fourth-order valence-corrected chi connectivity index (χ4v) is 3.19. The summed E-state index contributed by atoms with van der Waals surface area (Å²) in [6, 6.07) is 0. The molecule has 1 spiro atoms. The summed E-state index contributed by atoms with van der Waals surface area (Å²) in [5.41, 5.74) is 6.79. The molecule has 2 heterocycles. The summed E-state index contributed by atoms with van der Waals surface area (Å²) in [5, 5.41) is 0. The third-order valence-electron chi connectivity index (χ3n) is 4.64. The van der Waals surface area contributed by atoms with Gasteiger partial charge in [-0.1, -0.05) is 6.42 Å². The van der Waals surface area contributed by atoms with Crippen LogP contribution < -0.4 is 5.73 Å². The highest BCUT2D eigenvalue weighted by atomic mass is 16.5. The average Bonchev–Trinajstić information content (AvgIpc) is 2.48. The van der Waals surface area contributed by atoms with Crippen LogP contribution in [-0.2, 0) is 4.74 Å². The first kappa shape index (κ1) is 9.13. The molecule has 2 N–H and O–H groups in total. The standard InChI is InChI=1S/C11H20N2O/c12-6-11(8-14-9-11)13-5-4-10(7-13)2-1-3-10/h1-9,12H2. The number of hydrogen-bond donors (Lipinski definition) is 1. The molecule has 80 valence electrons. The van der Waals surface area contributed by atoms with E-state index in [0.29, 0.717) is 5.41 Å². The SMILES string of the molecule is NCC1(N2CCC3(CCC3)C2)COC1. The van der Waals surface area contributed by atoms with E-state index in [2.05, 4.69) is 4.90 Å². The van der Waals surface area contributed by atoms with Crippen LogP contribution in [0.1, 0.15) is 25.7 Å². The molecule has 0 aromatic rings. The topological polar surface area (TPSA) is 38.5 Å². The van der Waals surface area contributed by atoms with E-state index in [-0.39, 0.29) is 5.54 Å². The molecule has 1 aliphatic carbocycles. The molecule has 0 aromatic carbocycles. The molecule has 3 aliphatic rings. The highest BCUT2D eigenvalue weighted by Crippen LogP contribution is 2.49. The lowest BCUT2D eigenvalue weighted by Crippen LogP contribution is -2.66. The van der Waals surface area contributed by atoms with Crippen LogP contribution in [-0.4, -0.2) is 43.3 Å². The number of nitrogens with two attached hydrogens (primary N) is 1. The van der Waals surface area contributed by atoms with Crippen molar-refractivity contribution in [3.63, 3.8) is 0 Å². The lowest BCUT2D eigenvalue weighted by atomic mass is 9.68. The Hall–Kier alpha value is -0.120. The van der Waals surface area contributed by atoms with Crippen LogP contribution in [0.3, 0.4) is 0 Å². The fraction of sp³-hybridized carbons (Fsp3) is 1.00. The summed E-state index contributed by atoms with van der Waals surface area (Å²) < 4.78 is 5.34. The van der Waals surface area contributed by atoms with Crippen molar-refractivity contribution in [2.75, 3.05) is 32.8 Å². The Kier molecular flexibility index (Phi) is 1.92. The maximum absolute atomic E-state index is 5.87. The molecule has 0 radical (unpaired) electrons. The highest BCUT2D eigenvalue weighted by molar-refractivity contribution is 5.05. The van der Waals surface area contributed by atoms with Gasteiger partial charge in [0, 0.05) is 13.1 Å². The van der Waals surface area contributed by atoms with Crippen molar-refractivity contribution in [1.29, 1.82) is 0 Å². The molecule has 3 fully saturated rings. The second-order valence-electron chi connectivity index (χ2n) is 5.45. The first-order valence-corrected chi connectivity index (χ1v) is 5.82. The van der Waals surface area contributed by atoms with Crippen LogP contribution >= 0.6 is 0 Å². The van der Waals surface area contributed by atoms with Crippen LogP contribution in [0.25, 0.3) is 0 Å². The second kappa shape index (κ2) is 2.94. The first-order chi connectivity index (χ1) is 6.79. The summed E-state index contributed by atoms with van der Waals surface area (Å²) in [6.07, 6.45) is 5.74. The quantitative estimate of drug-likeness (QED) is 0.702. The van der Waals surface area contributed by atoms with Crippen LogP contribution in [0, 0.1) is 5.41 Å². The molecule has 2 aliphatic heterocycles. The van der Waals surface area contributed by atoms with Gasteiger partial charge >= 0.3 is 0 Å². The summed E-state index contributed by atoms with van der Waals surface area (Å²) in [6.45, 7) is 5.02. The van der Waals surface area contributed by atoms with Crippen molar-refractivity contribution in [2.45, 2.75) is 31.2 Å². The number of ether oxygens (including phenoxy) is 1. The van der Waals surface area contributed by atoms with Crippen LogP contribution in [0.15, 0.2) is 0 Å². The molecule has 0 aromatic heterocycles. The van der Waals surface area contributed by atoms with E-state index in [0.717, 1.165) is 19.8 Å². The predicted octanol–water partition coefficient (Wildman–Crippen LogP) is 0.590. The predicted molar refractivity (Wildman–Crippen MR) is 55.1 cm³/mol. The summed E-state index contributed by atoms with van der Waals surface area (Å²) >= 11 is 0. The Morgan fingerprint density at radius 1 is 1.21 bits per heavy atom. The molecule has 3 nitrogen and oxygen atoms in total. The van der Waals surface area contributed by atoms with E-state index in [1.54, 1.807) is 0 Å². The van der Waals surface area contributed by atoms with E-state index in [1.165, 1.54) is 38.8 Å². The van der Waals surface area contributed by atoms with Gasteiger partial charge in [-0.25, -0.2) is 0 Å². The first-order valence-electron chi connectivity index (χ1n) is 5.82. The van der Waals surface area contributed by atoms with Gasteiger partial charge < -0.3 is 10.5 Å². The number of rotatable bonds is 2. The molecule has 2 saturated heterocycles. The molecule has 0 unspecified atom stereocenters. The molecular weight excluding hydrogens is 176 g/mol. The van der Waals surface area contributed by atoms with Crippen LogP contribution in [0.4, 0.5) is 0 Å². The van der Waals surface area contributed by atoms with Crippen molar-refractivity contribution in [3.05, 3.63) is 0 Å². The highest BCUT2D eigenvalue weighted by Gasteiger charge is 2.51. The third kappa shape index (κ3) is 1.09. The van der Waals surface area contributed by atoms with Gasteiger partial charge in [0.05, 0.1) is 18.8 Å². The lowest BCUT2D eigenvalue weighted by Gasteiger charge is -2.49. The van der Waals surface area contributed by atoms with Gasteiger partial charge in [-0.2, -0.15) is 0 Å². The average molecular weight is 196 g/mol. The molecule has 0 atom stereocenters. The second-order valence-corrected chi connectivity index (χ2v) is 5.45. The molecule has 3 rings (SSSR count). The number of hydrogen-bond acceptors (Lipinski definition) is 3. The van der Waals surface area contributed by atoms with E-state index in [1.807, 2.05) is 0 Å². The van der Waals surface area contributed by atoms with Crippen molar-refractivity contribution < 1.29 is 4.74 Å². The van der Waals surface area contributed by atoms with E-state index in [9.17, 15) is 0 Å². The minimum atomic E-state index is 0.221. The third-order valence-corrected chi connectivity index (χ3v) is 4.64. The largest absolute Gasteiger partial charge is 0.377 e. The Morgan fingerprint density at radius 2 is 2.00 bits per heavy atom. The molecule has 0 bridgehead atoms. The summed E-state index contributed by atoms with van der Waals surface area (Å²) in [5.74, 6) is 0. The maximum atomic E-state index is 5.87. The Morgan fingerprint density at radius 3 is 2.36 bits per heavy atom. The zero-order valence-corrected chi connectivity index (χ0v) is 8.80. The zero-order chi connectivity index (χ0) is 9.65. The van der Waals surface area contributed by atoms with Crippen molar-refractivity contribution in [3.8, 4) is 0 Å². The van der Waals surface area contributed by atoms with Gasteiger partial charge in [-0.05, 0) is 31.2 Å². The fourth-order valence-electron chi connectivity index (χ4n) is 3.19. The molecule has 14 heavy (non-hydrogen) atoms. The van der Waals surface area contributed by atoms with Gasteiger partial charge in [0.1, 0.15) is 0 Å². The van der Waals surface area contributed by atoms with Gasteiger partial charge in [0.15, 0.2) is 0 Å². The van der Waals surface area contributed by atoms with Crippen molar-refractivity contribution in [2.24, 2.45) is 11.1 Å². The van der Waals surface area contributed by atoms with Gasteiger partial charge in [-0.15, -0.1) is 0 Å². The van der Waals surface area contributed by atoms with Gasteiger partial charge in [0.2, 0.25) is 0 Å². The monoisotopic (exact) mass is 196 g/mol. The normalized spacial score (nSPS) is 34.1. The maximum Gasteiger partial charge on any atom is 0.0802 e.